The number of carbonyl (C=O) groups is 2. The Morgan fingerprint density at radius 2 is 1.62 bits per heavy atom. The summed E-state index contributed by atoms with van der Waals surface area (Å²) in [6.07, 6.45) is 3.05. The van der Waals surface area contributed by atoms with Crippen molar-refractivity contribution in [1.29, 1.82) is 0 Å². The molecule has 1 atom stereocenters. The van der Waals surface area contributed by atoms with Gasteiger partial charge in [-0.25, -0.2) is 0 Å². The molecule has 0 bridgehead atoms. The lowest BCUT2D eigenvalue weighted by Crippen LogP contribution is -2.50. The summed E-state index contributed by atoms with van der Waals surface area (Å²) in [6.45, 7) is 3.32. The Morgan fingerprint density at radius 1 is 0.892 bits per heavy atom. The highest BCUT2D eigenvalue weighted by atomic mass is 35.5. The minimum atomic E-state index is -0.650. The number of halogens is 2. The Hall–Kier alpha value is -3.02. The van der Waals surface area contributed by atoms with Gasteiger partial charge in [-0.05, 0) is 60.4 Å². The number of rotatable bonds is 14. The fourth-order valence-corrected chi connectivity index (χ4v) is 4.32. The first-order valence-corrected chi connectivity index (χ1v) is 13.5. The molecule has 3 aromatic carbocycles. The third kappa shape index (κ3) is 9.75. The van der Waals surface area contributed by atoms with Gasteiger partial charge in [0.15, 0.2) is 0 Å². The lowest BCUT2D eigenvalue weighted by atomic mass is 10.0. The zero-order valence-corrected chi connectivity index (χ0v) is 22.7. The van der Waals surface area contributed by atoms with Gasteiger partial charge in [0.05, 0.1) is 6.61 Å². The van der Waals surface area contributed by atoms with Crippen LogP contribution in [0.4, 0.5) is 0 Å². The third-order valence-corrected chi connectivity index (χ3v) is 6.45. The van der Waals surface area contributed by atoms with Crippen molar-refractivity contribution < 1.29 is 14.3 Å². The number of hydrogen-bond acceptors (Lipinski definition) is 3. The molecule has 0 radical (unpaired) electrons. The monoisotopic (exact) mass is 540 g/mol. The zero-order valence-electron chi connectivity index (χ0n) is 21.2. The van der Waals surface area contributed by atoms with Gasteiger partial charge in [-0.3, -0.25) is 9.59 Å². The maximum atomic E-state index is 13.6. The molecule has 0 aliphatic heterocycles. The minimum Gasteiger partial charge on any atom is -0.494 e. The largest absolute Gasteiger partial charge is 0.494 e. The molecule has 0 spiro atoms. The first kappa shape index (κ1) is 28.5. The van der Waals surface area contributed by atoms with Gasteiger partial charge >= 0.3 is 0 Å². The van der Waals surface area contributed by atoms with Gasteiger partial charge in [0.2, 0.25) is 11.8 Å². The predicted octanol–water partition coefficient (Wildman–Crippen LogP) is 6.71. The molecule has 0 aliphatic carbocycles. The van der Waals surface area contributed by atoms with E-state index in [1.54, 1.807) is 35.2 Å². The smallest absolute Gasteiger partial charge is 0.243 e. The van der Waals surface area contributed by atoms with Crippen molar-refractivity contribution in [2.45, 2.75) is 51.6 Å². The van der Waals surface area contributed by atoms with Gasteiger partial charge < -0.3 is 15.0 Å². The molecule has 0 aromatic heterocycles. The summed E-state index contributed by atoms with van der Waals surface area (Å²) in [6, 6.07) is 23.7. The summed E-state index contributed by atoms with van der Waals surface area (Å²) >= 11 is 12.2. The van der Waals surface area contributed by atoms with E-state index in [0.717, 1.165) is 24.0 Å². The number of carbonyl (C=O) groups excluding carboxylic acids is 2. The molecule has 3 rings (SSSR count). The second kappa shape index (κ2) is 15.3. The van der Waals surface area contributed by atoms with Gasteiger partial charge in [0, 0.05) is 36.0 Å². The molecule has 0 aliphatic rings. The average Bonchev–Trinajstić information content (AvgIpc) is 2.90. The average molecular weight is 542 g/mol. The Balaban J connectivity index is 1.77. The Bertz CT molecular complexity index is 1120. The maximum absolute atomic E-state index is 13.6. The molecule has 2 amide bonds. The van der Waals surface area contributed by atoms with Crippen molar-refractivity contribution in [3.05, 3.63) is 100 Å². The number of nitrogens with zero attached hydrogens (tertiary/aromatic N) is 1. The van der Waals surface area contributed by atoms with Crippen LogP contribution in [0.2, 0.25) is 10.0 Å². The molecule has 5 nitrogen and oxygen atoms in total. The topological polar surface area (TPSA) is 58.6 Å². The molecular weight excluding hydrogens is 507 g/mol. The van der Waals surface area contributed by atoms with Gasteiger partial charge in [-0.2, -0.15) is 0 Å². The SMILES string of the molecule is CCCCNC(=O)[C@H](Cc1ccccc1)N(Cc1cccc(Cl)c1)C(=O)CCCOc1ccc(Cl)cc1. The van der Waals surface area contributed by atoms with Crippen molar-refractivity contribution in [2.75, 3.05) is 13.2 Å². The second-order valence-corrected chi connectivity index (χ2v) is 9.78. The maximum Gasteiger partial charge on any atom is 0.243 e. The van der Waals surface area contributed by atoms with Crippen LogP contribution < -0.4 is 10.1 Å². The number of amides is 2. The molecule has 0 heterocycles. The lowest BCUT2D eigenvalue weighted by Gasteiger charge is -2.31. The summed E-state index contributed by atoms with van der Waals surface area (Å²) < 4.78 is 5.77. The van der Waals surface area contributed by atoms with Crippen LogP contribution in [-0.2, 0) is 22.6 Å². The van der Waals surface area contributed by atoms with Crippen LogP contribution in [0, 0.1) is 0 Å². The molecule has 1 N–H and O–H groups in total. The molecule has 0 saturated carbocycles. The van der Waals surface area contributed by atoms with Gasteiger partial charge in [-0.15, -0.1) is 0 Å². The van der Waals surface area contributed by atoms with Crippen molar-refractivity contribution in [2.24, 2.45) is 0 Å². The molecule has 0 unspecified atom stereocenters. The number of ether oxygens (including phenoxy) is 1. The minimum absolute atomic E-state index is 0.105. The fourth-order valence-electron chi connectivity index (χ4n) is 3.98. The van der Waals surface area contributed by atoms with E-state index >= 15 is 0 Å². The molecule has 0 saturated heterocycles. The number of benzene rings is 3. The highest BCUT2D eigenvalue weighted by molar-refractivity contribution is 6.30. The quantitative estimate of drug-likeness (QED) is 0.231. The van der Waals surface area contributed by atoms with E-state index in [4.69, 9.17) is 27.9 Å². The fraction of sp³-hybridized carbons (Fsp3) is 0.333. The van der Waals surface area contributed by atoms with Gasteiger partial charge in [0.25, 0.3) is 0 Å². The molecular formula is C30H34Cl2N2O3. The highest BCUT2D eigenvalue weighted by Gasteiger charge is 2.30. The van der Waals surface area contributed by atoms with E-state index in [2.05, 4.69) is 12.2 Å². The summed E-state index contributed by atoms with van der Waals surface area (Å²) in [7, 11) is 0. The number of hydrogen-bond donors (Lipinski definition) is 1. The van der Waals surface area contributed by atoms with Crippen LogP contribution in [-0.4, -0.2) is 35.9 Å². The standard InChI is InChI=1S/C30H34Cl2N2O3/c1-2-3-18-33-30(36)28(21-23-9-5-4-6-10-23)34(22-24-11-7-12-26(32)20-24)29(35)13-8-19-37-27-16-14-25(31)15-17-27/h4-7,9-12,14-17,20,28H,2-3,8,13,18-19,21-22H2,1H3,(H,33,36)/t28-/m0/s1. The first-order chi connectivity index (χ1) is 18.0. The van der Waals surface area contributed by atoms with E-state index in [0.29, 0.717) is 41.8 Å². The lowest BCUT2D eigenvalue weighted by molar-refractivity contribution is -0.141. The Labute approximate surface area is 229 Å². The highest BCUT2D eigenvalue weighted by Crippen LogP contribution is 2.19. The van der Waals surface area contributed by atoms with E-state index < -0.39 is 6.04 Å². The second-order valence-electron chi connectivity index (χ2n) is 8.91. The number of unbranched alkanes of at least 4 members (excludes halogenated alkanes) is 1. The third-order valence-electron chi connectivity index (χ3n) is 5.96. The van der Waals surface area contributed by atoms with Crippen LogP contribution >= 0.6 is 23.2 Å². The van der Waals surface area contributed by atoms with Crippen LogP contribution in [0.15, 0.2) is 78.9 Å². The van der Waals surface area contributed by atoms with Crippen LogP contribution in [0.5, 0.6) is 5.75 Å². The molecule has 3 aromatic rings. The van der Waals surface area contributed by atoms with Crippen molar-refractivity contribution in [3.8, 4) is 5.75 Å². The zero-order chi connectivity index (χ0) is 26.5. The van der Waals surface area contributed by atoms with Crippen molar-refractivity contribution in [1.82, 2.24) is 10.2 Å². The molecule has 196 valence electrons. The summed E-state index contributed by atoms with van der Waals surface area (Å²) in [5.41, 5.74) is 1.87. The van der Waals surface area contributed by atoms with Crippen molar-refractivity contribution in [3.63, 3.8) is 0 Å². The van der Waals surface area contributed by atoms with E-state index in [9.17, 15) is 9.59 Å². The van der Waals surface area contributed by atoms with Crippen LogP contribution in [0.25, 0.3) is 0 Å². The van der Waals surface area contributed by atoms with Crippen molar-refractivity contribution >= 4 is 35.0 Å². The van der Waals surface area contributed by atoms with Gasteiger partial charge in [0.1, 0.15) is 11.8 Å². The Kier molecular flexibility index (Phi) is 11.8. The summed E-state index contributed by atoms with van der Waals surface area (Å²) in [5.74, 6) is 0.446. The first-order valence-electron chi connectivity index (χ1n) is 12.7. The Morgan fingerprint density at radius 3 is 2.32 bits per heavy atom. The van der Waals surface area contributed by atoms with E-state index in [1.807, 2.05) is 48.5 Å². The van der Waals surface area contributed by atoms with E-state index in [1.165, 1.54) is 0 Å². The summed E-state index contributed by atoms with van der Waals surface area (Å²) in [4.78, 5) is 28.7. The van der Waals surface area contributed by atoms with Crippen LogP contribution in [0.3, 0.4) is 0 Å². The number of nitrogens with one attached hydrogen (secondary N) is 1. The van der Waals surface area contributed by atoms with Crippen LogP contribution in [0.1, 0.15) is 43.7 Å². The summed E-state index contributed by atoms with van der Waals surface area (Å²) in [5, 5.41) is 4.27. The van der Waals surface area contributed by atoms with E-state index in [-0.39, 0.29) is 24.8 Å². The molecule has 37 heavy (non-hydrogen) atoms. The van der Waals surface area contributed by atoms with Gasteiger partial charge in [-0.1, -0.05) is 79.0 Å². The normalized spacial score (nSPS) is 11.5. The molecule has 7 heteroatoms. The predicted molar refractivity (Wildman–Crippen MR) is 150 cm³/mol. The molecule has 0 fully saturated rings.